The second kappa shape index (κ2) is 8.54. The quantitative estimate of drug-likeness (QED) is 0.589. The van der Waals surface area contributed by atoms with Gasteiger partial charge < -0.3 is 4.90 Å². The zero-order valence-corrected chi connectivity index (χ0v) is 17.0. The molecule has 0 aliphatic heterocycles. The van der Waals surface area contributed by atoms with E-state index in [0.717, 1.165) is 11.3 Å². The Morgan fingerprint density at radius 1 is 1.19 bits per heavy atom. The number of aryl methyl sites for hydroxylation is 2. The molecule has 0 saturated heterocycles. The molecule has 0 aliphatic carbocycles. The largest absolute Gasteiger partial charge is 0.341 e. The normalized spacial score (nSPS) is 10.8. The number of carbonyl (C=O) groups is 1. The van der Waals surface area contributed by atoms with Gasteiger partial charge in [0, 0.05) is 18.6 Å². The maximum atomic E-state index is 12.5. The van der Waals surface area contributed by atoms with E-state index in [1.165, 1.54) is 22.9 Å². The Kier molecular flexibility index (Phi) is 6.13. The summed E-state index contributed by atoms with van der Waals surface area (Å²) in [6, 6.07) is 13.5. The second-order valence-electron chi connectivity index (χ2n) is 6.32. The maximum Gasteiger partial charge on any atom is 0.233 e. The summed E-state index contributed by atoms with van der Waals surface area (Å²) >= 11 is 7.23. The molecule has 0 N–H and O–H groups in total. The van der Waals surface area contributed by atoms with Crippen LogP contribution >= 0.6 is 23.4 Å². The molecular formula is C19H20ClN5OS. The van der Waals surface area contributed by atoms with Gasteiger partial charge in [0.15, 0.2) is 0 Å². The van der Waals surface area contributed by atoms with E-state index in [1.54, 1.807) is 21.7 Å². The third kappa shape index (κ3) is 4.87. The minimum absolute atomic E-state index is 0.0191. The van der Waals surface area contributed by atoms with E-state index in [0.29, 0.717) is 16.7 Å². The first-order chi connectivity index (χ1) is 12.9. The van der Waals surface area contributed by atoms with Crippen molar-refractivity contribution in [1.82, 2.24) is 25.1 Å². The lowest BCUT2D eigenvalue weighted by atomic mass is 10.1. The Bertz CT molecular complexity index is 942. The fourth-order valence-electron chi connectivity index (χ4n) is 2.62. The number of hydrogen-bond acceptors (Lipinski definition) is 5. The number of carbonyl (C=O) groups excluding carboxylic acids is 1. The predicted molar refractivity (Wildman–Crippen MR) is 107 cm³/mol. The van der Waals surface area contributed by atoms with Crippen LogP contribution < -0.4 is 0 Å². The topological polar surface area (TPSA) is 63.9 Å². The van der Waals surface area contributed by atoms with Gasteiger partial charge in [-0.25, -0.2) is 0 Å². The number of thioether (sulfide) groups is 1. The minimum Gasteiger partial charge on any atom is -0.341 e. The molecule has 0 unspecified atom stereocenters. The molecule has 1 aromatic heterocycles. The number of rotatable bonds is 6. The van der Waals surface area contributed by atoms with Crippen LogP contribution in [0.2, 0.25) is 5.02 Å². The number of benzene rings is 2. The van der Waals surface area contributed by atoms with Gasteiger partial charge in [-0.1, -0.05) is 47.1 Å². The first kappa shape index (κ1) is 19.4. The van der Waals surface area contributed by atoms with Gasteiger partial charge in [-0.3, -0.25) is 4.79 Å². The van der Waals surface area contributed by atoms with Crippen LogP contribution in [0.25, 0.3) is 5.69 Å². The highest BCUT2D eigenvalue weighted by Crippen LogP contribution is 2.20. The fraction of sp³-hybridized carbons (Fsp3) is 0.263. The van der Waals surface area contributed by atoms with Crippen LogP contribution in [0.1, 0.15) is 16.7 Å². The molecule has 0 saturated carbocycles. The molecular weight excluding hydrogens is 382 g/mol. The van der Waals surface area contributed by atoms with E-state index in [4.69, 9.17) is 11.6 Å². The van der Waals surface area contributed by atoms with E-state index >= 15 is 0 Å². The van der Waals surface area contributed by atoms with Crippen LogP contribution in [0.4, 0.5) is 0 Å². The van der Waals surface area contributed by atoms with Gasteiger partial charge in [-0.15, -0.1) is 5.10 Å². The molecule has 1 heterocycles. The Labute approximate surface area is 167 Å². The van der Waals surface area contributed by atoms with Gasteiger partial charge in [0.25, 0.3) is 0 Å². The van der Waals surface area contributed by atoms with Gasteiger partial charge in [0.2, 0.25) is 11.1 Å². The predicted octanol–water partition coefficient (Wildman–Crippen LogP) is 3.68. The smallest absolute Gasteiger partial charge is 0.233 e. The zero-order chi connectivity index (χ0) is 19.4. The second-order valence-corrected chi connectivity index (χ2v) is 7.70. The highest BCUT2D eigenvalue weighted by Gasteiger charge is 2.15. The molecule has 0 spiro atoms. The summed E-state index contributed by atoms with van der Waals surface area (Å²) in [5.74, 6) is 0.278. The Hall–Kier alpha value is -2.38. The lowest BCUT2D eigenvalue weighted by Crippen LogP contribution is -2.28. The van der Waals surface area contributed by atoms with Crippen molar-refractivity contribution < 1.29 is 4.79 Å². The maximum absolute atomic E-state index is 12.5. The minimum atomic E-state index is 0.0191. The Balaban J connectivity index is 1.62. The molecule has 3 rings (SSSR count). The van der Waals surface area contributed by atoms with Crippen LogP contribution in [-0.2, 0) is 11.3 Å². The summed E-state index contributed by atoms with van der Waals surface area (Å²) in [7, 11) is 1.81. The molecule has 0 radical (unpaired) electrons. The summed E-state index contributed by atoms with van der Waals surface area (Å²) in [4.78, 5) is 14.2. The summed E-state index contributed by atoms with van der Waals surface area (Å²) in [6.45, 7) is 4.70. The van der Waals surface area contributed by atoms with Gasteiger partial charge in [-0.2, -0.15) is 4.68 Å². The van der Waals surface area contributed by atoms with E-state index < -0.39 is 0 Å². The highest BCUT2D eigenvalue weighted by molar-refractivity contribution is 7.99. The molecule has 140 valence electrons. The first-order valence-corrected chi connectivity index (χ1v) is 9.77. The number of hydrogen-bond donors (Lipinski definition) is 0. The van der Waals surface area contributed by atoms with Crippen LogP contribution in [0, 0.1) is 13.8 Å². The lowest BCUT2D eigenvalue weighted by molar-refractivity contribution is -0.127. The molecule has 27 heavy (non-hydrogen) atoms. The molecule has 0 atom stereocenters. The molecule has 0 aliphatic rings. The Morgan fingerprint density at radius 2 is 1.93 bits per heavy atom. The standard InChI is InChI=1S/C19H20ClN5OS/c1-13-4-5-15(14(2)10-13)11-24(3)18(26)12-27-19-21-22-23-25(19)17-8-6-16(20)7-9-17/h4-10H,11-12H2,1-3H3. The lowest BCUT2D eigenvalue weighted by Gasteiger charge is -2.18. The fourth-order valence-corrected chi connectivity index (χ4v) is 3.57. The molecule has 0 bridgehead atoms. The van der Waals surface area contributed by atoms with Crippen LogP contribution in [0.15, 0.2) is 47.6 Å². The van der Waals surface area contributed by atoms with Crippen molar-refractivity contribution in [3.8, 4) is 5.69 Å². The summed E-state index contributed by atoms with van der Waals surface area (Å²) in [5, 5.41) is 12.9. The van der Waals surface area contributed by atoms with Gasteiger partial charge >= 0.3 is 0 Å². The van der Waals surface area contributed by atoms with Gasteiger partial charge in [0.1, 0.15) is 0 Å². The molecule has 8 heteroatoms. The van der Waals surface area contributed by atoms with E-state index in [2.05, 4.69) is 47.6 Å². The number of amides is 1. The monoisotopic (exact) mass is 401 g/mol. The van der Waals surface area contributed by atoms with Crippen molar-refractivity contribution >= 4 is 29.3 Å². The molecule has 1 amide bonds. The van der Waals surface area contributed by atoms with Crippen molar-refractivity contribution in [1.29, 1.82) is 0 Å². The first-order valence-electron chi connectivity index (χ1n) is 8.41. The van der Waals surface area contributed by atoms with Crippen molar-refractivity contribution in [3.63, 3.8) is 0 Å². The molecule has 2 aromatic carbocycles. The third-order valence-electron chi connectivity index (χ3n) is 4.17. The average Bonchev–Trinajstić information content (AvgIpc) is 3.11. The molecule has 0 fully saturated rings. The Morgan fingerprint density at radius 3 is 2.63 bits per heavy atom. The number of halogens is 1. The van der Waals surface area contributed by atoms with Crippen molar-refractivity contribution in [2.24, 2.45) is 0 Å². The van der Waals surface area contributed by atoms with Crippen molar-refractivity contribution in [2.45, 2.75) is 25.5 Å². The van der Waals surface area contributed by atoms with Crippen LogP contribution in [-0.4, -0.2) is 43.8 Å². The summed E-state index contributed by atoms with van der Waals surface area (Å²) in [6.07, 6.45) is 0. The van der Waals surface area contributed by atoms with Gasteiger partial charge in [-0.05, 0) is 59.7 Å². The average molecular weight is 402 g/mol. The highest BCUT2D eigenvalue weighted by atomic mass is 35.5. The van der Waals surface area contributed by atoms with Crippen molar-refractivity contribution in [3.05, 3.63) is 64.2 Å². The van der Waals surface area contributed by atoms with Crippen LogP contribution in [0.5, 0.6) is 0 Å². The summed E-state index contributed by atoms with van der Waals surface area (Å²) < 4.78 is 1.60. The zero-order valence-electron chi connectivity index (χ0n) is 15.4. The SMILES string of the molecule is Cc1ccc(CN(C)C(=O)CSc2nnnn2-c2ccc(Cl)cc2)c(C)c1. The molecule has 6 nitrogen and oxygen atoms in total. The number of aromatic nitrogens is 4. The van der Waals surface area contributed by atoms with E-state index in [-0.39, 0.29) is 11.7 Å². The van der Waals surface area contributed by atoms with E-state index in [1.807, 2.05) is 19.2 Å². The summed E-state index contributed by atoms with van der Waals surface area (Å²) in [5.41, 5.74) is 4.35. The molecule has 3 aromatic rings. The number of nitrogens with zero attached hydrogens (tertiary/aromatic N) is 5. The van der Waals surface area contributed by atoms with Crippen LogP contribution in [0.3, 0.4) is 0 Å². The van der Waals surface area contributed by atoms with Crippen molar-refractivity contribution in [2.75, 3.05) is 12.8 Å². The van der Waals surface area contributed by atoms with Gasteiger partial charge in [0.05, 0.1) is 11.4 Å². The van der Waals surface area contributed by atoms with E-state index in [9.17, 15) is 4.79 Å². The number of tetrazole rings is 1. The third-order valence-corrected chi connectivity index (χ3v) is 5.32.